The summed E-state index contributed by atoms with van der Waals surface area (Å²) in [6.45, 7) is 4.38. The summed E-state index contributed by atoms with van der Waals surface area (Å²) in [7, 11) is 0. The van der Waals surface area contributed by atoms with E-state index in [0.29, 0.717) is 19.4 Å². The van der Waals surface area contributed by atoms with Gasteiger partial charge in [-0.1, -0.05) is 31.0 Å². The Hall–Kier alpha value is -2.62. The van der Waals surface area contributed by atoms with Crippen molar-refractivity contribution >= 4 is 16.8 Å². The van der Waals surface area contributed by atoms with Crippen LogP contribution in [0, 0.1) is 6.92 Å². The van der Waals surface area contributed by atoms with E-state index in [9.17, 15) is 4.79 Å². The predicted octanol–water partition coefficient (Wildman–Crippen LogP) is 5.63. The highest BCUT2D eigenvalue weighted by molar-refractivity contribution is 5.78. The van der Waals surface area contributed by atoms with Crippen molar-refractivity contribution in [1.82, 2.24) is 9.97 Å². The lowest BCUT2D eigenvalue weighted by Crippen LogP contribution is -2.00. The number of ether oxygens (including phenoxy) is 1. The summed E-state index contributed by atoms with van der Waals surface area (Å²) in [5.74, 6) is 2.60. The molecule has 4 nitrogen and oxygen atoms in total. The summed E-state index contributed by atoms with van der Waals surface area (Å²) in [4.78, 5) is 19.0. The Kier molecular flexibility index (Phi) is 5.47. The second kappa shape index (κ2) is 8.17. The summed E-state index contributed by atoms with van der Waals surface area (Å²) in [6, 6.07) is 12.7. The van der Waals surface area contributed by atoms with Crippen LogP contribution < -0.4 is 4.74 Å². The number of hydrogen-bond acceptors (Lipinski definition) is 3. The van der Waals surface area contributed by atoms with Crippen molar-refractivity contribution in [2.45, 2.75) is 64.9 Å². The number of nitrogens with one attached hydrogen (secondary N) is 1. The van der Waals surface area contributed by atoms with Crippen molar-refractivity contribution in [3.05, 3.63) is 58.9 Å². The first-order valence-corrected chi connectivity index (χ1v) is 10.3. The van der Waals surface area contributed by atoms with E-state index in [1.807, 2.05) is 18.2 Å². The van der Waals surface area contributed by atoms with E-state index in [-0.39, 0.29) is 5.78 Å². The minimum absolute atomic E-state index is 0.179. The van der Waals surface area contributed by atoms with Crippen molar-refractivity contribution in [1.29, 1.82) is 0 Å². The van der Waals surface area contributed by atoms with Gasteiger partial charge < -0.3 is 14.5 Å². The van der Waals surface area contributed by atoms with Crippen molar-refractivity contribution < 1.29 is 9.53 Å². The van der Waals surface area contributed by atoms with E-state index in [1.165, 1.54) is 42.4 Å². The van der Waals surface area contributed by atoms with Gasteiger partial charge in [-0.25, -0.2) is 4.98 Å². The van der Waals surface area contributed by atoms with E-state index in [4.69, 9.17) is 4.74 Å². The summed E-state index contributed by atoms with van der Waals surface area (Å²) < 4.78 is 6.03. The van der Waals surface area contributed by atoms with Crippen molar-refractivity contribution in [2.75, 3.05) is 0 Å². The average molecular weight is 377 g/mol. The van der Waals surface area contributed by atoms with Gasteiger partial charge >= 0.3 is 0 Å². The molecule has 146 valence electrons. The first-order chi connectivity index (χ1) is 13.6. The fourth-order valence-corrected chi connectivity index (χ4v) is 4.23. The van der Waals surface area contributed by atoms with Crippen LogP contribution in [0.1, 0.15) is 67.5 Å². The first-order valence-electron chi connectivity index (χ1n) is 10.3. The van der Waals surface area contributed by atoms with Gasteiger partial charge in [-0.15, -0.1) is 0 Å². The lowest BCUT2D eigenvalue weighted by Gasteiger charge is -2.14. The molecule has 1 heterocycles. The van der Waals surface area contributed by atoms with Gasteiger partial charge in [0.05, 0.1) is 11.0 Å². The Morgan fingerprint density at radius 3 is 2.75 bits per heavy atom. The largest absolute Gasteiger partial charge is 0.489 e. The van der Waals surface area contributed by atoms with E-state index in [2.05, 4.69) is 35.1 Å². The molecule has 0 bridgehead atoms. The van der Waals surface area contributed by atoms with Gasteiger partial charge in [0.25, 0.3) is 0 Å². The summed E-state index contributed by atoms with van der Waals surface area (Å²) in [5, 5.41) is 0. The number of nitrogens with zero attached hydrogens (tertiary/aromatic N) is 1. The van der Waals surface area contributed by atoms with Gasteiger partial charge in [-0.2, -0.15) is 0 Å². The molecule has 1 fully saturated rings. The number of imidazole rings is 1. The van der Waals surface area contributed by atoms with Gasteiger partial charge in [-0.05, 0) is 61.4 Å². The minimum atomic E-state index is 0.179. The molecular weight excluding hydrogens is 348 g/mol. The number of ketones is 1. The molecule has 4 rings (SSSR count). The fraction of sp³-hybridized carbons (Fsp3) is 0.417. The number of aromatic nitrogens is 2. The summed E-state index contributed by atoms with van der Waals surface area (Å²) in [5.41, 5.74) is 5.95. The number of benzene rings is 2. The minimum Gasteiger partial charge on any atom is -0.489 e. The Bertz CT molecular complexity index is 983. The molecule has 0 atom stereocenters. The third-order valence-corrected chi connectivity index (χ3v) is 5.75. The molecule has 0 amide bonds. The lowest BCUT2D eigenvalue weighted by molar-refractivity contribution is -0.117. The number of rotatable bonds is 7. The van der Waals surface area contributed by atoms with Gasteiger partial charge in [0.15, 0.2) is 0 Å². The Balaban J connectivity index is 1.42. The number of fused-ring (bicyclic) bond motifs is 1. The average Bonchev–Trinajstić information content (AvgIpc) is 3.34. The number of carbonyl (C=O) groups is 1. The standard InChI is InChI=1S/C24H28N2O2/c1-16-13-18(8-10-21(16)19-5-3-4-6-19)15-28-20-9-11-22-23(14-20)26-24(25-22)12-7-17(2)27/h8-11,13-14,19H,3-7,12,15H2,1-2H3,(H,25,26). The van der Waals surface area contributed by atoms with Crippen LogP contribution in [0.2, 0.25) is 0 Å². The molecular formula is C24H28N2O2. The van der Waals surface area contributed by atoms with Crippen molar-refractivity contribution in [2.24, 2.45) is 0 Å². The maximum absolute atomic E-state index is 11.2. The zero-order valence-electron chi connectivity index (χ0n) is 16.8. The molecule has 1 aliphatic carbocycles. The van der Waals surface area contributed by atoms with Crippen LogP contribution in [0.15, 0.2) is 36.4 Å². The second-order valence-corrected chi connectivity index (χ2v) is 8.03. The van der Waals surface area contributed by atoms with Gasteiger partial charge in [-0.3, -0.25) is 0 Å². The quantitative estimate of drug-likeness (QED) is 0.581. The Morgan fingerprint density at radius 1 is 1.18 bits per heavy atom. The molecule has 3 aromatic rings. The van der Waals surface area contributed by atoms with Crippen LogP contribution in [0.4, 0.5) is 0 Å². The predicted molar refractivity (Wildman–Crippen MR) is 112 cm³/mol. The molecule has 1 aromatic heterocycles. The van der Waals surface area contributed by atoms with Crippen molar-refractivity contribution in [3.8, 4) is 5.75 Å². The SMILES string of the molecule is CC(=O)CCc1nc2ccc(OCc3ccc(C4CCCC4)c(C)c3)cc2[nH]1. The van der Waals surface area contributed by atoms with Crippen LogP contribution in [-0.2, 0) is 17.8 Å². The van der Waals surface area contributed by atoms with Crippen LogP contribution >= 0.6 is 0 Å². The fourth-order valence-electron chi connectivity index (χ4n) is 4.23. The van der Waals surface area contributed by atoms with Gasteiger partial charge in [0.1, 0.15) is 24.0 Å². The zero-order chi connectivity index (χ0) is 19.5. The maximum Gasteiger partial charge on any atom is 0.130 e. The highest BCUT2D eigenvalue weighted by Gasteiger charge is 2.18. The highest BCUT2D eigenvalue weighted by Crippen LogP contribution is 2.36. The van der Waals surface area contributed by atoms with Gasteiger partial charge in [0.2, 0.25) is 0 Å². The first kappa shape index (κ1) is 18.7. The molecule has 28 heavy (non-hydrogen) atoms. The number of aryl methyl sites for hydroxylation is 2. The number of H-pyrrole nitrogens is 1. The van der Waals surface area contributed by atoms with Crippen molar-refractivity contribution in [3.63, 3.8) is 0 Å². The summed E-state index contributed by atoms with van der Waals surface area (Å²) >= 11 is 0. The maximum atomic E-state index is 11.2. The zero-order valence-corrected chi connectivity index (χ0v) is 16.8. The lowest BCUT2D eigenvalue weighted by atomic mass is 9.92. The molecule has 1 aliphatic rings. The van der Waals surface area contributed by atoms with Crippen LogP contribution in [-0.4, -0.2) is 15.8 Å². The second-order valence-electron chi connectivity index (χ2n) is 8.03. The molecule has 0 saturated heterocycles. The smallest absolute Gasteiger partial charge is 0.130 e. The highest BCUT2D eigenvalue weighted by atomic mass is 16.5. The molecule has 0 unspecified atom stereocenters. The Labute approximate surface area is 166 Å². The van der Waals surface area contributed by atoms with Crippen LogP contribution in [0.25, 0.3) is 11.0 Å². The summed E-state index contributed by atoms with van der Waals surface area (Å²) in [6.07, 6.45) is 6.54. The third kappa shape index (κ3) is 4.27. The molecule has 1 N–H and O–H groups in total. The molecule has 1 saturated carbocycles. The molecule has 0 spiro atoms. The van der Waals surface area contributed by atoms with E-state index < -0.39 is 0 Å². The molecule has 0 aliphatic heterocycles. The molecule has 0 radical (unpaired) electrons. The normalized spacial score (nSPS) is 14.6. The number of carbonyl (C=O) groups excluding carboxylic acids is 1. The Morgan fingerprint density at radius 2 is 2.00 bits per heavy atom. The van der Waals surface area contributed by atoms with E-state index in [0.717, 1.165) is 28.5 Å². The van der Waals surface area contributed by atoms with Crippen LogP contribution in [0.5, 0.6) is 5.75 Å². The van der Waals surface area contributed by atoms with Gasteiger partial charge in [0, 0.05) is 18.9 Å². The van der Waals surface area contributed by atoms with E-state index >= 15 is 0 Å². The monoisotopic (exact) mass is 376 g/mol. The van der Waals surface area contributed by atoms with Crippen LogP contribution in [0.3, 0.4) is 0 Å². The third-order valence-electron chi connectivity index (χ3n) is 5.75. The van der Waals surface area contributed by atoms with E-state index in [1.54, 1.807) is 6.92 Å². The molecule has 2 aromatic carbocycles. The molecule has 4 heteroatoms. The topological polar surface area (TPSA) is 55.0 Å². The number of hydrogen-bond donors (Lipinski definition) is 1. The number of aromatic amines is 1. The number of Topliss-reactive ketones (excluding diaryl/α,β-unsaturated/α-hetero) is 1.